The molecule has 0 bridgehead atoms. The monoisotopic (exact) mass is 405 g/mol. The van der Waals surface area contributed by atoms with Crippen molar-refractivity contribution in [1.82, 2.24) is 10.6 Å². The second kappa shape index (κ2) is 11.6. The van der Waals surface area contributed by atoms with Gasteiger partial charge < -0.3 is 25.2 Å². The van der Waals surface area contributed by atoms with Crippen LogP contribution in [0, 0.1) is 5.92 Å². The number of methoxy groups -OCH3 is 2. The fourth-order valence-electron chi connectivity index (χ4n) is 2.76. The van der Waals surface area contributed by atoms with Crippen LogP contribution in [0.25, 0.3) is 0 Å². The van der Waals surface area contributed by atoms with Crippen LogP contribution in [0.4, 0.5) is 0 Å². The number of hydrogen-bond acceptors (Lipinski definition) is 5. The van der Waals surface area contributed by atoms with Gasteiger partial charge in [-0.2, -0.15) is 0 Å². The standard InChI is InChI=1S/C21H31N3O3S/c1-5-22-21(23-13-15(2)9-19-7-6-8-28-19)24-14-20(25)16-10-17(26-3)12-18(11-16)27-4/h6-8,10-12,15,20,25H,5,9,13-14H2,1-4H3,(H2,22,23,24). The van der Waals surface area contributed by atoms with Crippen molar-refractivity contribution >= 4 is 17.3 Å². The van der Waals surface area contributed by atoms with Crippen LogP contribution >= 0.6 is 11.3 Å². The highest BCUT2D eigenvalue weighted by atomic mass is 32.1. The third kappa shape index (κ3) is 7.05. The molecule has 1 aromatic carbocycles. The Hall–Kier alpha value is -2.25. The Balaban J connectivity index is 1.94. The van der Waals surface area contributed by atoms with E-state index in [0.29, 0.717) is 29.9 Å². The maximum Gasteiger partial charge on any atom is 0.191 e. The summed E-state index contributed by atoms with van der Waals surface area (Å²) in [5, 5.41) is 19.1. The molecule has 6 nitrogen and oxygen atoms in total. The minimum Gasteiger partial charge on any atom is -0.497 e. The van der Waals surface area contributed by atoms with Gasteiger partial charge in [0.25, 0.3) is 0 Å². The normalized spacial score (nSPS) is 13.7. The number of aliphatic imine (C=N–C) groups is 1. The van der Waals surface area contributed by atoms with E-state index in [4.69, 9.17) is 9.47 Å². The van der Waals surface area contributed by atoms with E-state index in [2.05, 4.69) is 40.1 Å². The van der Waals surface area contributed by atoms with Gasteiger partial charge in [-0.05, 0) is 48.4 Å². The molecule has 0 saturated heterocycles. The summed E-state index contributed by atoms with van der Waals surface area (Å²) in [6.07, 6.45) is 0.309. The maximum atomic E-state index is 10.6. The van der Waals surface area contributed by atoms with E-state index in [1.807, 2.05) is 19.1 Å². The Morgan fingerprint density at radius 1 is 1.18 bits per heavy atom. The average molecular weight is 406 g/mol. The summed E-state index contributed by atoms with van der Waals surface area (Å²) in [5.74, 6) is 2.45. The molecule has 2 rings (SSSR count). The number of guanidine groups is 1. The first-order valence-electron chi connectivity index (χ1n) is 9.51. The molecule has 0 aliphatic carbocycles. The topological polar surface area (TPSA) is 75.1 Å². The van der Waals surface area contributed by atoms with E-state index in [1.54, 1.807) is 31.6 Å². The molecule has 2 aromatic rings. The quantitative estimate of drug-likeness (QED) is 0.418. The zero-order valence-corrected chi connectivity index (χ0v) is 17.9. The summed E-state index contributed by atoms with van der Waals surface area (Å²) in [7, 11) is 3.19. The molecule has 2 atom stereocenters. The second-order valence-corrected chi connectivity index (χ2v) is 7.68. The lowest BCUT2D eigenvalue weighted by molar-refractivity contribution is 0.180. The average Bonchev–Trinajstić information content (AvgIpc) is 3.22. The summed E-state index contributed by atoms with van der Waals surface area (Å²) in [6, 6.07) is 9.64. The fraction of sp³-hybridized carbons (Fsp3) is 0.476. The molecular weight excluding hydrogens is 374 g/mol. The SMILES string of the molecule is CCNC(=NCC(C)Cc1cccs1)NCC(O)c1cc(OC)cc(OC)c1. The van der Waals surface area contributed by atoms with Crippen molar-refractivity contribution in [1.29, 1.82) is 0 Å². The van der Waals surface area contributed by atoms with Crippen molar-refractivity contribution < 1.29 is 14.6 Å². The lowest BCUT2D eigenvalue weighted by Gasteiger charge is -2.17. The van der Waals surface area contributed by atoms with Crippen molar-refractivity contribution in [3.63, 3.8) is 0 Å². The Labute approximate surface area is 171 Å². The molecule has 3 N–H and O–H groups in total. The summed E-state index contributed by atoms with van der Waals surface area (Å²) in [5.41, 5.74) is 0.727. The van der Waals surface area contributed by atoms with Crippen LogP contribution in [-0.2, 0) is 6.42 Å². The van der Waals surface area contributed by atoms with Crippen LogP contribution in [0.2, 0.25) is 0 Å². The Morgan fingerprint density at radius 2 is 1.89 bits per heavy atom. The highest BCUT2D eigenvalue weighted by Crippen LogP contribution is 2.26. The van der Waals surface area contributed by atoms with Crippen molar-refractivity contribution in [3.8, 4) is 11.5 Å². The van der Waals surface area contributed by atoms with Crippen molar-refractivity contribution in [2.75, 3.05) is 33.9 Å². The molecule has 154 valence electrons. The summed E-state index contributed by atoms with van der Waals surface area (Å²) >= 11 is 1.78. The van der Waals surface area contributed by atoms with Crippen LogP contribution in [0.5, 0.6) is 11.5 Å². The number of rotatable bonds is 10. The van der Waals surface area contributed by atoms with Gasteiger partial charge >= 0.3 is 0 Å². The molecule has 0 aliphatic heterocycles. The van der Waals surface area contributed by atoms with Crippen molar-refractivity contribution in [2.24, 2.45) is 10.9 Å². The summed E-state index contributed by atoms with van der Waals surface area (Å²) < 4.78 is 10.5. The predicted octanol–water partition coefficient (Wildman–Crippen LogP) is 3.23. The molecule has 1 heterocycles. The van der Waals surface area contributed by atoms with Crippen molar-refractivity contribution in [3.05, 3.63) is 46.2 Å². The van der Waals surface area contributed by atoms with E-state index in [0.717, 1.165) is 25.1 Å². The molecular formula is C21H31N3O3S. The Morgan fingerprint density at radius 3 is 2.46 bits per heavy atom. The van der Waals surface area contributed by atoms with Crippen LogP contribution in [0.15, 0.2) is 40.7 Å². The first kappa shape index (κ1) is 22.0. The molecule has 7 heteroatoms. The Kier molecular flexibility index (Phi) is 9.10. The van der Waals surface area contributed by atoms with E-state index in [1.165, 1.54) is 4.88 Å². The van der Waals surface area contributed by atoms with Gasteiger partial charge in [-0.15, -0.1) is 11.3 Å². The highest BCUT2D eigenvalue weighted by molar-refractivity contribution is 7.09. The molecule has 0 fully saturated rings. The van der Waals surface area contributed by atoms with Gasteiger partial charge in [0.2, 0.25) is 0 Å². The zero-order chi connectivity index (χ0) is 20.4. The van der Waals surface area contributed by atoms with Gasteiger partial charge in [0.05, 0.1) is 20.3 Å². The maximum absolute atomic E-state index is 10.6. The van der Waals surface area contributed by atoms with Crippen LogP contribution in [0.3, 0.4) is 0 Å². The number of hydrogen-bond donors (Lipinski definition) is 3. The molecule has 0 saturated carbocycles. The molecule has 0 radical (unpaired) electrons. The largest absolute Gasteiger partial charge is 0.497 e. The smallest absolute Gasteiger partial charge is 0.191 e. The zero-order valence-electron chi connectivity index (χ0n) is 17.1. The fourth-order valence-corrected chi connectivity index (χ4v) is 3.63. The molecule has 28 heavy (non-hydrogen) atoms. The number of benzene rings is 1. The van der Waals surface area contributed by atoms with E-state index in [-0.39, 0.29) is 0 Å². The van der Waals surface area contributed by atoms with Crippen molar-refractivity contribution in [2.45, 2.75) is 26.4 Å². The predicted molar refractivity (Wildman–Crippen MR) is 116 cm³/mol. The second-order valence-electron chi connectivity index (χ2n) is 6.65. The third-order valence-corrected chi connectivity index (χ3v) is 5.16. The van der Waals surface area contributed by atoms with Crippen LogP contribution in [-0.4, -0.2) is 44.9 Å². The minimum absolute atomic E-state index is 0.335. The van der Waals surface area contributed by atoms with Gasteiger partial charge in [-0.3, -0.25) is 4.99 Å². The molecule has 0 amide bonds. The number of ether oxygens (including phenoxy) is 2. The van der Waals surface area contributed by atoms with E-state index < -0.39 is 6.10 Å². The minimum atomic E-state index is -0.712. The number of nitrogens with one attached hydrogen (secondary N) is 2. The number of thiophene rings is 1. The van der Waals surface area contributed by atoms with Gasteiger partial charge in [-0.1, -0.05) is 13.0 Å². The Bertz CT molecular complexity index is 712. The number of aliphatic hydroxyl groups is 1. The lowest BCUT2D eigenvalue weighted by atomic mass is 10.1. The van der Waals surface area contributed by atoms with E-state index in [9.17, 15) is 5.11 Å². The van der Waals surface area contributed by atoms with Gasteiger partial charge in [0, 0.05) is 30.6 Å². The lowest BCUT2D eigenvalue weighted by Crippen LogP contribution is -2.39. The first-order valence-corrected chi connectivity index (χ1v) is 10.4. The number of aliphatic hydroxyl groups excluding tert-OH is 1. The first-order chi connectivity index (χ1) is 13.5. The summed E-state index contributed by atoms with van der Waals surface area (Å²) in [6.45, 7) is 6.03. The highest BCUT2D eigenvalue weighted by Gasteiger charge is 2.12. The number of nitrogens with zero attached hydrogens (tertiary/aromatic N) is 1. The van der Waals surface area contributed by atoms with Crippen LogP contribution < -0.4 is 20.1 Å². The molecule has 0 aliphatic rings. The molecule has 0 spiro atoms. The third-order valence-electron chi connectivity index (χ3n) is 4.26. The molecule has 1 aromatic heterocycles. The van der Waals surface area contributed by atoms with Gasteiger partial charge in [-0.25, -0.2) is 0 Å². The van der Waals surface area contributed by atoms with Crippen LogP contribution in [0.1, 0.15) is 30.4 Å². The summed E-state index contributed by atoms with van der Waals surface area (Å²) in [4.78, 5) is 6.04. The molecule has 2 unspecified atom stereocenters. The van der Waals surface area contributed by atoms with Gasteiger partial charge in [0.1, 0.15) is 11.5 Å². The van der Waals surface area contributed by atoms with E-state index >= 15 is 0 Å². The van der Waals surface area contributed by atoms with Gasteiger partial charge in [0.15, 0.2) is 5.96 Å².